The van der Waals surface area contributed by atoms with Gasteiger partial charge in [-0.2, -0.15) is 0 Å². The van der Waals surface area contributed by atoms with E-state index in [-0.39, 0.29) is 6.61 Å². The van der Waals surface area contributed by atoms with Crippen molar-refractivity contribution in [3.05, 3.63) is 24.2 Å². The molecule has 2 aromatic heterocycles. The lowest BCUT2D eigenvalue weighted by Gasteiger charge is -1.83. The normalized spacial score (nSPS) is 10.6. The van der Waals surface area contributed by atoms with E-state index in [2.05, 4.69) is 15.0 Å². The molecule has 11 heavy (non-hydrogen) atoms. The Morgan fingerprint density at radius 1 is 1.36 bits per heavy atom. The molecular formula is C7H7N3O. The predicted octanol–water partition coefficient (Wildman–Crippen LogP) is 0.450. The van der Waals surface area contributed by atoms with Gasteiger partial charge in [-0.05, 0) is 6.07 Å². The van der Waals surface area contributed by atoms with Gasteiger partial charge >= 0.3 is 0 Å². The molecule has 4 heteroatoms. The van der Waals surface area contributed by atoms with Crippen LogP contribution in [0.5, 0.6) is 0 Å². The number of H-pyrrole nitrogens is 1. The molecule has 2 N–H and O–H groups in total. The number of hydrogen-bond acceptors (Lipinski definition) is 3. The first kappa shape index (κ1) is 6.30. The van der Waals surface area contributed by atoms with Crippen molar-refractivity contribution >= 4 is 11.2 Å². The van der Waals surface area contributed by atoms with Gasteiger partial charge in [-0.1, -0.05) is 0 Å². The molecule has 0 aliphatic rings. The van der Waals surface area contributed by atoms with Gasteiger partial charge in [-0.3, -0.25) is 4.98 Å². The van der Waals surface area contributed by atoms with E-state index >= 15 is 0 Å². The maximum atomic E-state index is 8.75. The SMILES string of the molecule is OCc1cc2nccnc2[nH]1. The fourth-order valence-electron chi connectivity index (χ4n) is 0.989. The summed E-state index contributed by atoms with van der Waals surface area (Å²) < 4.78 is 0. The van der Waals surface area contributed by atoms with Crippen LogP contribution >= 0.6 is 0 Å². The van der Waals surface area contributed by atoms with E-state index in [1.165, 1.54) is 0 Å². The first-order valence-corrected chi connectivity index (χ1v) is 3.29. The molecule has 0 aliphatic heterocycles. The van der Waals surface area contributed by atoms with Gasteiger partial charge in [0.05, 0.1) is 6.61 Å². The van der Waals surface area contributed by atoms with Crippen molar-refractivity contribution in [3.63, 3.8) is 0 Å². The molecule has 4 nitrogen and oxygen atoms in total. The zero-order chi connectivity index (χ0) is 7.68. The van der Waals surface area contributed by atoms with Crippen molar-refractivity contribution in [1.82, 2.24) is 15.0 Å². The maximum absolute atomic E-state index is 8.75. The lowest BCUT2D eigenvalue weighted by atomic mass is 10.4. The Hall–Kier alpha value is -1.42. The predicted molar refractivity (Wildman–Crippen MR) is 39.8 cm³/mol. The molecule has 0 radical (unpaired) electrons. The van der Waals surface area contributed by atoms with E-state index in [0.29, 0.717) is 0 Å². The molecule has 0 atom stereocenters. The highest BCUT2D eigenvalue weighted by Crippen LogP contribution is 2.08. The molecule has 0 amide bonds. The Labute approximate surface area is 62.9 Å². The number of nitrogens with zero attached hydrogens (tertiary/aromatic N) is 2. The number of aromatic amines is 1. The lowest BCUT2D eigenvalue weighted by Crippen LogP contribution is -1.80. The molecule has 0 aromatic carbocycles. The van der Waals surface area contributed by atoms with E-state index in [0.717, 1.165) is 16.9 Å². The highest BCUT2D eigenvalue weighted by Gasteiger charge is 1.98. The van der Waals surface area contributed by atoms with E-state index in [1.54, 1.807) is 18.5 Å². The molecule has 2 rings (SSSR count). The zero-order valence-electron chi connectivity index (χ0n) is 5.78. The first-order valence-electron chi connectivity index (χ1n) is 3.29. The van der Waals surface area contributed by atoms with Crippen LogP contribution < -0.4 is 0 Å². The first-order chi connectivity index (χ1) is 5.40. The summed E-state index contributed by atoms with van der Waals surface area (Å²) in [6.07, 6.45) is 3.23. The van der Waals surface area contributed by atoms with Gasteiger partial charge in [0.1, 0.15) is 5.52 Å². The number of aliphatic hydroxyl groups is 1. The van der Waals surface area contributed by atoms with E-state index in [1.807, 2.05) is 0 Å². The Bertz CT molecular complexity index is 335. The molecule has 0 saturated heterocycles. The smallest absolute Gasteiger partial charge is 0.156 e. The third kappa shape index (κ3) is 0.969. The summed E-state index contributed by atoms with van der Waals surface area (Å²) in [5.74, 6) is 0. The highest BCUT2D eigenvalue weighted by molar-refractivity contribution is 5.70. The van der Waals surface area contributed by atoms with Crippen LogP contribution in [0.1, 0.15) is 5.69 Å². The van der Waals surface area contributed by atoms with Crippen LogP contribution in [0.4, 0.5) is 0 Å². The molecule has 0 bridgehead atoms. The second kappa shape index (κ2) is 2.32. The van der Waals surface area contributed by atoms with Gasteiger partial charge < -0.3 is 10.1 Å². The minimum Gasteiger partial charge on any atom is -0.390 e. The number of aromatic nitrogens is 3. The summed E-state index contributed by atoms with van der Waals surface area (Å²) in [6, 6.07) is 1.78. The summed E-state index contributed by atoms with van der Waals surface area (Å²) in [7, 11) is 0. The lowest BCUT2D eigenvalue weighted by molar-refractivity contribution is 0.278. The number of fused-ring (bicyclic) bond motifs is 1. The molecule has 0 spiro atoms. The van der Waals surface area contributed by atoms with Crippen molar-refractivity contribution in [2.45, 2.75) is 6.61 Å². The fourth-order valence-corrected chi connectivity index (χ4v) is 0.989. The Morgan fingerprint density at radius 3 is 2.91 bits per heavy atom. The van der Waals surface area contributed by atoms with Crippen LogP contribution in [-0.2, 0) is 6.61 Å². The van der Waals surface area contributed by atoms with Gasteiger partial charge in [0.15, 0.2) is 5.65 Å². The van der Waals surface area contributed by atoms with Crippen molar-refractivity contribution in [1.29, 1.82) is 0 Å². The highest BCUT2D eigenvalue weighted by atomic mass is 16.3. The van der Waals surface area contributed by atoms with E-state index in [9.17, 15) is 0 Å². The van der Waals surface area contributed by atoms with E-state index < -0.39 is 0 Å². The molecule has 56 valence electrons. The number of rotatable bonds is 1. The molecule has 2 aromatic rings. The largest absolute Gasteiger partial charge is 0.390 e. The Kier molecular flexibility index (Phi) is 1.33. The maximum Gasteiger partial charge on any atom is 0.156 e. The fraction of sp³-hybridized carbons (Fsp3) is 0.143. The van der Waals surface area contributed by atoms with Crippen molar-refractivity contribution in [3.8, 4) is 0 Å². The summed E-state index contributed by atoms with van der Waals surface area (Å²) in [5.41, 5.74) is 2.25. The summed E-state index contributed by atoms with van der Waals surface area (Å²) >= 11 is 0. The van der Waals surface area contributed by atoms with Gasteiger partial charge in [0.25, 0.3) is 0 Å². The van der Waals surface area contributed by atoms with Gasteiger partial charge in [-0.15, -0.1) is 0 Å². The summed E-state index contributed by atoms with van der Waals surface area (Å²) in [4.78, 5) is 11.0. The topological polar surface area (TPSA) is 61.8 Å². The number of nitrogens with one attached hydrogen (secondary N) is 1. The second-order valence-corrected chi connectivity index (χ2v) is 2.24. The molecule has 0 saturated carbocycles. The van der Waals surface area contributed by atoms with Crippen LogP contribution in [0.2, 0.25) is 0 Å². The molecule has 0 unspecified atom stereocenters. The van der Waals surface area contributed by atoms with Crippen LogP contribution in [-0.4, -0.2) is 20.1 Å². The average Bonchev–Trinajstić information content (AvgIpc) is 2.46. The van der Waals surface area contributed by atoms with Gasteiger partial charge in [0, 0.05) is 18.1 Å². The third-order valence-electron chi connectivity index (χ3n) is 1.49. The van der Waals surface area contributed by atoms with Crippen molar-refractivity contribution < 1.29 is 5.11 Å². The monoisotopic (exact) mass is 149 g/mol. The third-order valence-corrected chi connectivity index (χ3v) is 1.49. The van der Waals surface area contributed by atoms with Gasteiger partial charge in [0.2, 0.25) is 0 Å². The van der Waals surface area contributed by atoms with E-state index in [4.69, 9.17) is 5.11 Å². The summed E-state index contributed by atoms with van der Waals surface area (Å²) in [6.45, 7) is -0.00194. The number of hydrogen-bond donors (Lipinski definition) is 2. The summed E-state index contributed by atoms with van der Waals surface area (Å²) in [5, 5.41) is 8.75. The average molecular weight is 149 g/mol. The Morgan fingerprint density at radius 2 is 2.18 bits per heavy atom. The molecule has 2 heterocycles. The minimum absolute atomic E-state index is 0.00194. The number of aliphatic hydroxyl groups excluding tert-OH is 1. The minimum atomic E-state index is -0.00194. The van der Waals surface area contributed by atoms with Crippen molar-refractivity contribution in [2.24, 2.45) is 0 Å². The standard InChI is InChI=1S/C7H7N3O/c11-4-5-3-6-7(10-5)9-2-1-8-6/h1-3,11H,4H2,(H,9,10). The molecular weight excluding hydrogens is 142 g/mol. The Balaban J connectivity index is 2.69. The van der Waals surface area contributed by atoms with Crippen LogP contribution in [0, 0.1) is 0 Å². The van der Waals surface area contributed by atoms with Crippen LogP contribution in [0.3, 0.4) is 0 Å². The van der Waals surface area contributed by atoms with Crippen LogP contribution in [0.25, 0.3) is 11.2 Å². The van der Waals surface area contributed by atoms with Crippen LogP contribution in [0.15, 0.2) is 18.5 Å². The molecule has 0 aliphatic carbocycles. The van der Waals surface area contributed by atoms with Crippen molar-refractivity contribution in [2.75, 3.05) is 0 Å². The molecule has 0 fully saturated rings. The van der Waals surface area contributed by atoms with Gasteiger partial charge in [-0.25, -0.2) is 4.98 Å². The zero-order valence-corrected chi connectivity index (χ0v) is 5.78. The second-order valence-electron chi connectivity index (χ2n) is 2.24. The quantitative estimate of drug-likeness (QED) is 0.618.